The molecule has 1 aliphatic rings. The van der Waals surface area contributed by atoms with E-state index in [1.807, 2.05) is 0 Å². The number of carbonyl (C=O) groups excluding carboxylic acids is 1. The summed E-state index contributed by atoms with van der Waals surface area (Å²) in [6.07, 6.45) is 1.25. The first-order chi connectivity index (χ1) is 14.0. The molecule has 0 unspecified atom stereocenters. The number of hydrogen-bond donors (Lipinski definition) is 1. The largest absolute Gasteiger partial charge is 0.497 e. The van der Waals surface area contributed by atoms with Gasteiger partial charge in [0, 0.05) is 18.8 Å². The van der Waals surface area contributed by atoms with Gasteiger partial charge in [-0.05, 0) is 49.2 Å². The van der Waals surface area contributed by atoms with Crippen molar-refractivity contribution in [3.05, 3.63) is 42.5 Å². The molecule has 4 rings (SSSR count). The minimum absolute atomic E-state index is 0.137. The molecule has 2 heterocycles. The van der Waals surface area contributed by atoms with E-state index >= 15 is 0 Å². The van der Waals surface area contributed by atoms with Crippen molar-refractivity contribution in [3.8, 4) is 5.75 Å². The number of fused-ring (bicyclic) bond motifs is 1. The number of aromatic nitrogens is 2. The topological polar surface area (TPSA) is 101 Å². The zero-order chi connectivity index (χ0) is 20.4. The van der Waals surface area contributed by atoms with Gasteiger partial charge in [0.2, 0.25) is 15.9 Å². The first kappa shape index (κ1) is 19.7. The monoisotopic (exact) mass is 432 g/mol. The smallest absolute Gasteiger partial charge is 0.245 e. The lowest BCUT2D eigenvalue weighted by Gasteiger charge is -2.31. The molecule has 0 bridgehead atoms. The maximum absolute atomic E-state index is 13.2. The van der Waals surface area contributed by atoms with Crippen molar-refractivity contribution >= 4 is 44.4 Å². The molecule has 0 aliphatic carbocycles. The fourth-order valence-corrected chi connectivity index (χ4v) is 5.70. The minimum atomic E-state index is -3.77. The first-order valence-corrected chi connectivity index (χ1v) is 11.3. The highest BCUT2D eigenvalue weighted by molar-refractivity contribution is 7.89. The van der Waals surface area contributed by atoms with E-state index in [-0.39, 0.29) is 17.3 Å². The molecule has 1 atom stereocenters. The van der Waals surface area contributed by atoms with Crippen LogP contribution in [0.4, 0.5) is 5.69 Å². The molecule has 1 aliphatic heterocycles. The molecule has 3 aromatic rings. The number of benzene rings is 2. The Hall–Kier alpha value is -2.56. The van der Waals surface area contributed by atoms with Crippen molar-refractivity contribution < 1.29 is 17.9 Å². The number of methoxy groups -OCH3 is 1. The molecule has 8 nitrogen and oxygen atoms in total. The van der Waals surface area contributed by atoms with Gasteiger partial charge in [-0.2, -0.15) is 13.1 Å². The average molecular weight is 433 g/mol. The Kier molecular flexibility index (Phi) is 5.48. The Morgan fingerprint density at radius 1 is 1.21 bits per heavy atom. The van der Waals surface area contributed by atoms with Crippen LogP contribution < -0.4 is 10.1 Å². The Balaban J connectivity index is 1.51. The highest BCUT2D eigenvalue weighted by Gasteiger charge is 2.34. The van der Waals surface area contributed by atoms with Crippen molar-refractivity contribution in [2.24, 2.45) is 5.92 Å². The van der Waals surface area contributed by atoms with Gasteiger partial charge in [-0.15, -0.1) is 0 Å². The zero-order valence-electron chi connectivity index (χ0n) is 15.7. The van der Waals surface area contributed by atoms with Gasteiger partial charge in [0.15, 0.2) is 0 Å². The van der Waals surface area contributed by atoms with E-state index in [0.29, 0.717) is 41.9 Å². The van der Waals surface area contributed by atoms with Gasteiger partial charge in [-0.25, -0.2) is 8.42 Å². The predicted octanol–water partition coefficient (Wildman–Crippen LogP) is 2.74. The highest BCUT2D eigenvalue weighted by atomic mass is 32.2. The Labute approximate surface area is 172 Å². The van der Waals surface area contributed by atoms with E-state index < -0.39 is 15.9 Å². The number of nitrogens with one attached hydrogen (secondary N) is 1. The van der Waals surface area contributed by atoms with Gasteiger partial charge < -0.3 is 10.1 Å². The SMILES string of the molecule is COc1ccc(NC(=O)[C@@H]2CCCN(S(=O)(=O)c3cccc4nsnc34)C2)cc1. The highest BCUT2D eigenvalue weighted by Crippen LogP contribution is 2.28. The van der Waals surface area contributed by atoms with Crippen molar-refractivity contribution in [1.82, 2.24) is 13.1 Å². The predicted molar refractivity (Wildman–Crippen MR) is 111 cm³/mol. The number of anilines is 1. The fraction of sp³-hybridized carbons (Fsp3) is 0.316. The molecular weight excluding hydrogens is 412 g/mol. The summed E-state index contributed by atoms with van der Waals surface area (Å²) in [6, 6.07) is 12.0. The molecule has 1 amide bonds. The Morgan fingerprint density at radius 3 is 2.76 bits per heavy atom. The lowest BCUT2D eigenvalue weighted by Crippen LogP contribution is -2.43. The molecule has 152 valence electrons. The van der Waals surface area contributed by atoms with Crippen molar-refractivity contribution in [2.75, 3.05) is 25.5 Å². The molecule has 0 saturated carbocycles. The second-order valence-corrected chi connectivity index (χ2v) is 9.24. The van der Waals surface area contributed by atoms with Gasteiger partial charge in [0.1, 0.15) is 21.7 Å². The summed E-state index contributed by atoms with van der Waals surface area (Å²) in [5.74, 6) is 0.0839. The first-order valence-electron chi connectivity index (χ1n) is 9.15. The van der Waals surface area contributed by atoms with Crippen LogP contribution in [0.25, 0.3) is 11.0 Å². The van der Waals surface area contributed by atoms with E-state index in [1.54, 1.807) is 49.6 Å². The molecule has 0 spiro atoms. The lowest BCUT2D eigenvalue weighted by atomic mass is 9.99. The molecule has 1 saturated heterocycles. The standard InChI is InChI=1S/C19H20N4O4S2/c1-27-15-9-7-14(8-10-15)20-19(24)13-4-3-11-23(12-13)29(25,26)17-6-2-5-16-18(17)22-28-21-16/h2,5-10,13H,3-4,11-12H2,1H3,(H,20,24)/t13-/m1/s1. The molecule has 10 heteroatoms. The summed E-state index contributed by atoms with van der Waals surface area (Å²) in [5.41, 5.74) is 1.58. The van der Waals surface area contributed by atoms with Gasteiger partial charge in [0.05, 0.1) is 24.8 Å². The van der Waals surface area contributed by atoms with Crippen LogP contribution in [-0.4, -0.2) is 47.6 Å². The number of rotatable bonds is 5. The number of sulfonamides is 1. The van der Waals surface area contributed by atoms with E-state index in [2.05, 4.69) is 14.1 Å². The normalized spacial score (nSPS) is 17.9. The maximum atomic E-state index is 13.2. The van der Waals surface area contributed by atoms with Crippen LogP contribution in [0, 0.1) is 5.92 Å². The van der Waals surface area contributed by atoms with Crippen LogP contribution in [0.5, 0.6) is 5.75 Å². The van der Waals surface area contributed by atoms with Crippen LogP contribution in [0.3, 0.4) is 0 Å². The molecule has 0 radical (unpaired) electrons. The molecule has 29 heavy (non-hydrogen) atoms. The van der Waals surface area contributed by atoms with Crippen LogP contribution in [0.2, 0.25) is 0 Å². The molecule has 1 aromatic heterocycles. The molecule has 1 N–H and O–H groups in total. The Bertz CT molecular complexity index is 1130. The molecule has 1 fully saturated rings. The van der Waals surface area contributed by atoms with Crippen molar-refractivity contribution in [3.63, 3.8) is 0 Å². The van der Waals surface area contributed by atoms with Crippen LogP contribution >= 0.6 is 11.7 Å². The number of ether oxygens (including phenoxy) is 1. The van der Waals surface area contributed by atoms with Crippen LogP contribution in [-0.2, 0) is 14.8 Å². The number of nitrogens with zero attached hydrogens (tertiary/aromatic N) is 3. The number of amides is 1. The van der Waals surface area contributed by atoms with Crippen LogP contribution in [0.15, 0.2) is 47.4 Å². The van der Waals surface area contributed by atoms with E-state index in [9.17, 15) is 13.2 Å². The van der Waals surface area contributed by atoms with Gasteiger partial charge in [0.25, 0.3) is 0 Å². The van der Waals surface area contributed by atoms with E-state index in [1.165, 1.54) is 4.31 Å². The third-order valence-corrected chi connectivity index (χ3v) is 7.42. The van der Waals surface area contributed by atoms with Gasteiger partial charge >= 0.3 is 0 Å². The summed E-state index contributed by atoms with van der Waals surface area (Å²) >= 11 is 0.983. The summed E-state index contributed by atoms with van der Waals surface area (Å²) in [6.45, 7) is 0.515. The van der Waals surface area contributed by atoms with Gasteiger partial charge in [-0.1, -0.05) is 6.07 Å². The second kappa shape index (κ2) is 8.05. The zero-order valence-corrected chi connectivity index (χ0v) is 17.4. The Morgan fingerprint density at radius 2 is 2.00 bits per heavy atom. The van der Waals surface area contributed by atoms with E-state index in [4.69, 9.17) is 4.74 Å². The van der Waals surface area contributed by atoms with E-state index in [0.717, 1.165) is 11.7 Å². The second-order valence-electron chi connectivity index (χ2n) is 6.81. The third kappa shape index (κ3) is 3.96. The fourth-order valence-electron chi connectivity index (χ4n) is 3.42. The third-order valence-electron chi connectivity index (χ3n) is 4.98. The van der Waals surface area contributed by atoms with Gasteiger partial charge in [-0.3, -0.25) is 4.79 Å². The average Bonchev–Trinajstić information content (AvgIpc) is 3.23. The summed E-state index contributed by atoms with van der Waals surface area (Å²) in [5, 5.41) is 2.86. The van der Waals surface area contributed by atoms with Crippen LogP contribution in [0.1, 0.15) is 12.8 Å². The molecule has 2 aromatic carbocycles. The summed E-state index contributed by atoms with van der Waals surface area (Å²) in [7, 11) is -2.19. The lowest BCUT2D eigenvalue weighted by molar-refractivity contribution is -0.120. The molecular formula is C19H20N4O4S2. The number of carbonyl (C=O) groups is 1. The number of hydrogen-bond acceptors (Lipinski definition) is 7. The number of piperidine rings is 1. The van der Waals surface area contributed by atoms with Crippen molar-refractivity contribution in [2.45, 2.75) is 17.7 Å². The summed E-state index contributed by atoms with van der Waals surface area (Å²) < 4.78 is 41.2. The van der Waals surface area contributed by atoms with Crippen molar-refractivity contribution in [1.29, 1.82) is 0 Å². The maximum Gasteiger partial charge on any atom is 0.245 e. The minimum Gasteiger partial charge on any atom is -0.497 e. The summed E-state index contributed by atoms with van der Waals surface area (Å²) in [4.78, 5) is 12.9. The quantitative estimate of drug-likeness (QED) is 0.665.